The third-order valence-electron chi connectivity index (χ3n) is 1.84. The van der Waals surface area contributed by atoms with Gasteiger partial charge >= 0.3 is 5.69 Å². The van der Waals surface area contributed by atoms with Crippen molar-refractivity contribution in [2.45, 2.75) is 0 Å². The fourth-order valence-electron chi connectivity index (χ4n) is 1.22. The zero-order valence-electron chi connectivity index (χ0n) is 7.25. The molecular formula is C8H5ClFN3OS. The third-order valence-corrected chi connectivity index (χ3v) is 2.43. The van der Waals surface area contributed by atoms with Crippen molar-refractivity contribution in [3.63, 3.8) is 0 Å². The molecule has 0 atom stereocenters. The third kappa shape index (κ3) is 1.62. The van der Waals surface area contributed by atoms with Gasteiger partial charge < -0.3 is 0 Å². The Hall–Kier alpha value is -1.40. The Morgan fingerprint density at radius 2 is 2.13 bits per heavy atom. The number of nitrogens with zero attached hydrogens (tertiary/aromatic N) is 1. The van der Waals surface area contributed by atoms with Crippen molar-refractivity contribution in [2.24, 2.45) is 0 Å². The van der Waals surface area contributed by atoms with E-state index in [4.69, 9.17) is 23.8 Å². The molecule has 7 heteroatoms. The number of hydrogen-bond acceptors (Lipinski definition) is 2. The van der Waals surface area contributed by atoms with Gasteiger partial charge in [-0.05, 0) is 24.4 Å². The highest BCUT2D eigenvalue weighted by Crippen LogP contribution is 2.21. The van der Waals surface area contributed by atoms with Crippen molar-refractivity contribution in [3.05, 3.63) is 44.3 Å². The Kier molecular flexibility index (Phi) is 2.45. The minimum absolute atomic E-state index is 0.0494. The van der Waals surface area contributed by atoms with Crippen molar-refractivity contribution in [1.29, 1.82) is 0 Å². The average molecular weight is 246 g/mol. The molecule has 2 N–H and O–H groups in total. The van der Waals surface area contributed by atoms with E-state index in [9.17, 15) is 9.18 Å². The van der Waals surface area contributed by atoms with Gasteiger partial charge in [0.15, 0.2) is 0 Å². The summed E-state index contributed by atoms with van der Waals surface area (Å²) in [4.78, 5) is 11.3. The lowest BCUT2D eigenvalue weighted by Crippen LogP contribution is -2.16. The number of nitrogens with one attached hydrogen (secondary N) is 2. The first-order valence-electron chi connectivity index (χ1n) is 3.95. The van der Waals surface area contributed by atoms with Gasteiger partial charge in [0.25, 0.3) is 0 Å². The van der Waals surface area contributed by atoms with Crippen LogP contribution in [-0.2, 0) is 0 Å². The molecule has 78 valence electrons. The maximum Gasteiger partial charge on any atom is 0.347 e. The zero-order chi connectivity index (χ0) is 11.0. The van der Waals surface area contributed by atoms with Gasteiger partial charge in [0.2, 0.25) is 4.77 Å². The monoisotopic (exact) mass is 245 g/mol. The van der Waals surface area contributed by atoms with Gasteiger partial charge in [0.1, 0.15) is 11.5 Å². The van der Waals surface area contributed by atoms with Crippen LogP contribution in [0, 0.1) is 10.6 Å². The number of H-pyrrole nitrogens is 2. The van der Waals surface area contributed by atoms with Crippen molar-refractivity contribution in [2.75, 3.05) is 0 Å². The average Bonchev–Trinajstić information content (AvgIpc) is 2.49. The van der Waals surface area contributed by atoms with Crippen LogP contribution in [0.25, 0.3) is 5.69 Å². The first-order valence-corrected chi connectivity index (χ1v) is 4.74. The molecule has 0 spiro atoms. The van der Waals surface area contributed by atoms with E-state index in [0.29, 0.717) is 0 Å². The molecule has 1 heterocycles. The van der Waals surface area contributed by atoms with Crippen molar-refractivity contribution in [3.8, 4) is 5.69 Å². The van der Waals surface area contributed by atoms with E-state index in [0.717, 1.165) is 4.57 Å². The Morgan fingerprint density at radius 1 is 1.40 bits per heavy atom. The second kappa shape index (κ2) is 3.63. The number of aromatic amines is 2. The molecule has 0 unspecified atom stereocenters. The Balaban J connectivity index is 2.86. The van der Waals surface area contributed by atoms with Crippen LogP contribution in [0.3, 0.4) is 0 Å². The van der Waals surface area contributed by atoms with Gasteiger partial charge in [-0.2, -0.15) is 0 Å². The second-order valence-electron chi connectivity index (χ2n) is 2.77. The maximum absolute atomic E-state index is 13.5. The SMILES string of the molecule is O=c1[nH][nH]c(=S)n1-c1c(F)cccc1Cl. The summed E-state index contributed by atoms with van der Waals surface area (Å²) in [6.45, 7) is 0. The van der Waals surface area contributed by atoms with E-state index >= 15 is 0 Å². The van der Waals surface area contributed by atoms with Crippen molar-refractivity contribution >= 4 is 23.8 Å². The lowest BCUT2D eigenvalue weighted by Gasteiger charge is -2.03. The van der Waals surface area contributed by atoms with Crippen LogP contribution < -0.4 is 5.69 Å². The van der Waals surface area contributed by atoms with Crippen LogP contribution in [0.4, 0.5) is 4.39 Å². The Labute approximate surface area is 93.3 Å². The minimum atomic E-state index is -0.608. The summed E-state index contributed by atoms with van der Waals surface area (Å²) in [7, 11) is 0. The van der Waals surface area contributed by atoms with Gasteiger partial charge in [-0.25, -0.2) is 18.9 Å². The summed E-state index contributed by atoms with van der Waals surface area (Å²) in [6.07, 6.45) is 0. The predicted octanol–water partition coefficient (Wildman–Crippen LogP) is 2.02. The Morgan fingerprint density at radius 3 is 2.67 bits per heavy atom. The highest BCUT2D eigenvalue weighted by molar-refractivity contribution is 7.71. The molecule has 0 fully saturated rings. The van der Waals surface area contributed by atoms with Gasteiger partial charge in [0, 0.05) is 0 Å². The fourth-order valence-corrected chi connectivity index (χ4v) is 1.69. The molecule has 1 aromatic heterocycles. The molecule has 0 saturated carbocycles. The topological polar surface area (TPSA) is 53.6 Å². The molecule has 2 rings (SSSR count). The maximum atomic E-state index is 13.5. The summed E-state index contributed by atoms with van der Waals surface area (Å²) in [5.74, 6) is -0.608. The first-order chi connectivity index (χ1) is 7.11. The lowest BCUT2D eigenvalue weighted by molar-refractivity contribution is 0.616. The minimum Gasteiger partial charge on any atom is -0.272 e. The van der Waals surface area contributed by atoms with Crippen LogP contribution >= 0.6 is 23.8 Å². The molecule has 0 amide bonds. The molecule has 0 radical (unpaired) electrons. The molecule has 2 aromatic rings. The summed E-state index contributed by atoms with van der Waals surface area (Å²) >= 11 is 10.6. The summed E-state index contributed by atoms with van der Waals surface area (Å²) < 4.78 is 14.5. The Bertz CT molecular complexity index is 567. The van der Waals surface area contributed by atoms with Crippen molar-refractivity contribution in [1.82, 2.24) is 14.8 Å². The molecule has 0 aliphatic rings. The van der Waals surface area contributed by atoms with E-state index < -0.39 is 11.5 Å². The normalized spacial score (nSPS) is 10.5. The van der Waals surface area contributed by atoms with Crippen molar-refractivity contribution < 1.29 is 4.39 Å². The first kappa shape index (κ1) is 10.1. The number of halogens is 2. The van der Waals surface area contributed by atoms with Crippen LogP contribution in [0.2, 0.25) is 5.02 Å². The molecule has 0 aliphatic carbocycles. The van der Waals surface area contributed by atoms with Gasteiger partial charge in [-0.15, -0.1) is 0 Å². The molecule has 1 aromatic carbocycles. The largest absolute Gasteiger partial charge is 0.347 e. The van der Waals surface area contributed by atoms with Crippen LogP contribution in [-0.4, -0.2) is 14.8 Å². The van der Waals surface area contributed by atoms with Crippen LogP contribution in [0.15, 0.2) is 23.0 Å². The van der Waals surface area contributed by atoms with E-state index in [2.05, 4.69) is 10.2 Å². The van der Waals surface area contributed by atoms with Gasteiger partial charge in [-0.1, -0.05) is 17.7 Å². The molecule has 0 aliphatic heterocycles. The smallest absolute Gasteiger partial charge is 0.272 e. The van der Waals surface area contributed by atoms with E-state index in [1.807, 2.05) is 0 Å². The predicted molar refractivity (Wildman–Crippen MR) is 56.5 cm³/mol. The van der Waals surface area contributed by atoms with Crippen LogP contribution in [0.5, 0.6) is 0 Å². The van der Waals surface area contributed by atoms with E-state index in [1.165, 1.54) is 18.2 Å². The van der Waals surface area contributed by atoms with Crippen LogP contribution in [0.1, 0.15) is 0 Å². The highest BCUT2D eigenvalue weighted by atomic mass is 35.5. The van der Waals surface area contributed by atoms with E-state index in [1.54, 1.807) is 0 Å². The second-order valence-corrected chi connectivity index (χ2v) is 3.56. The number of benzene rings is 1. The number of rotatable bonds is 1. The summed E-state index contributed by atoms with van der Waals surface area (Å²) in [5, 5.41) is 4.77. The molecule has 4 nitrogen and oxygen atoms in total. The number of aromatic nitrogens is 3. The standard InChI is InChI=1S/C8H5ClFN3OS/c9-4-2-1-3-5(10)6(4)13-7(14)11-12-8(13)15/h1-3H,(H,11,14)(H,12,15). The fraction of sp³-hybridized carbons (Fsp3) is 0. The molecule has 0 bridgehead atoms. The summed E-state index contributed by atoms with van der Waals surface area (Å²) in [6, 6.07) is 4.13. The molecule has 0 saturated heterocycles. The quantitative estimate of drug-likeness (QED) is 0.756. The van der Waals surface area contributed by atoms with E-state index in [-0.39, 0.29) is 15.5 Å². The zero-order valence-corrected chi connectivity index (χ0v) is 8.82. The number of para-hydroxylation sites is 1. The highest BCUT2D eigenvalue weighted by Gasteiger charge is 2.12. The summed E-state index contributed by atoms with van der Waals surface area (Å²) in [5.41, 5.74) is -0.612. The molecule has 15 heavy (non-hydrogen) atoms. The van der Waals surface area contributed by atoms with Gasteiger partial charge in [0.05, 0.1) is 5.02 Å². The van der Waals surface area contributed by atoms with Gasteiger partial charge in [-0.3, -0.25) is 5.10 Å². The number of hydrogen-bond donors (Lipinski definition) is 2. The lowest BCUT2D eigenvalue weighted by atomic mass is 10.3. The molecular weight excluding hydrogens is 241 g/mol.